The van der Waals surface area contributed by atoms with Gasteiger partial charge in [0.25, 0.3) is 0 Å². The number of hydrogen-bond acceptors (Lipinski definition) is 2. The van der Waals surface area contributed by atoms with Crippen LogP contribution in [0.4, 0.5) is 5.82 Å². The second kappa shape index (κ2) is 4.92. The van der Waals surface area contributed by atoms with Crippen molar-refractivity contribution in [3.8, 4) is 12.3 Å². The van der Waals surface area contributed by atoms with Crippen molar-refractivity contribution in [3.63, 3.8) is 0 Å². The van der Waals surface area contributed by atoms with Crippen molar-refractivity contribution in [2.75, 3.05) is 5.73 Å². The summed E-state index contributed by atoms with van der Waals surface area (Å²) in [5.74, 6) is 3.04. The molecule has 0 aliphatic rings. The maximum absolute atomic E-state index is 5.52. The van der Waals surface area contributed by atoms with Crippen molar-refractivity contribution >= 4 is 16.7 Å². The van der Waals surface area contributed by atoms with Crippen LogP contribution in [0.1, 0.15) is 5.56 Å². The van der Waals surface area contributed by atoms with Crippen LogP contribution in [-0.2, 0) is 0 Å². The number of fused-ring (bicyclic) bond motifs is 1. The van der Waals surface area contributed by atoms with Gasteiger partial charge in [-0.3, -0.25) is 0 Å². The van der Waals surface area contributed by atoms with Gasteiger partial charge in [-0.05, 0) is 11.1 Å². The van der Waals surface area contributed by atoms with E-state index in [-0.39, 0.29) is 51.4 Å². The molecular formula is C11H7KN2. The summed E-state index contributed by atoms with van der Waals surface area (Å²) in [6, 6.07) is 10.2. The molecule has 14 heavy (non-hydrogen) atoms. The Labute approximate surface area is 125 Å². The van der Waals surface area contributed by atoms with Crippen molar-refractivity contribution in [2.45, 2.75) is 0 Å². The Morgan fingerprint density at radius 3 is 2.93 bits per heavy atom. The SMILES string of the molecule is C#Cc1cccc2nc(N)c[c-]c12.[K+]. The number of terminal acetylenes is 1. The molecule has 0 aliphatic heterocycles. The summed E-state index contributed by atoms with van der Waals surface area (Å²) >= 11 is 0. The molecule has 62 valence electrons. The van der Waals surface area contributed by atoms with Crippen LogP contribution >= 0.6 is 0 Å². The van der Waals surface area contributed by atoms with E-state index in [1.54, 1.807) is 6.07 Å². The molecule has 0 unspecified atom stereocenters. The number of pyridine rings is 1. The fourth-order valence-corrected chi connectivity index (χ4v) is 1.22. The van der Waals surface area contributed by atoms with Crippen LogP contribution in [-0.4, -0.2) is 4.98 Å². The molecule has 0 bridgehead atoms. The molecule has 2 rings (SSSR count). The van der Waals surface area contributed by atoms with Crippen molar-refractivity contribution in [2.24, 2.45) is 0 Å². The molecule has 2 nitrogen and oxygen atoms in total. The predicted molar refractivity (Wildman–Crippen MR) is 52.9 cm³/mol. The Hall–Kier alpha value is -0.374. The van der Waals surface area contributed by atoms with Gasteiger partial charge in [-0.25, -0.2) is 0 Å². The number of benzene rings is 1. The van der Waals surface area contributed by atoms with Gasteiger partial charge in [-0.15, -0.1) is 29.9 Å². The predicted octanol–water partition coefficient (Wildman–Crippen LogP) is -1.40. The topological polar surface area (TPSA) is 38.9 Å². The second-order valence-corrected chi connectivity index (χ2v) is 2.67. The zero-order chi connectivity index (χ0) is 9.26. The minimum absolute atomic E-state index is 0. The van der Waals surface area contributed by atoms with Gasteiger partial charge in [0.2, 0.25) is 0 Å². The molecule has 2 N–H and O–H groups in total. The first-order chi connectivity index (χ1) is 6.31. The van der Waals surface area contributed by atoms with Gasteiger partial charge in [-0.2, -0.15) is 0 Å². The summed E-state index contributed by atoms with van der Waals surface area (Å²) in [7, 11) is 0. The van der Waals surface area contributed by atoms with E-state index in [2.05, 4.69) is 17.0 Å². The molecule has 1 heterocycles. The third kappa shape index (κ3) is 2.16. The zero-order valence-electron chi connectivity index (χ0n) is 7.91. The Kier molecular flexibility index (Phi) is 4.11. The monoisotopic (exact) mass is 206 g/mol. The van der Waals surface area contributed by atoms with Crippen LogP contribution < -0.4 is 57.1 Å². The minimum Gasteiger partial charge on any atom is -0.422 e. The van der Waals surface area contributed by atoms with Crippen molar-refractivity contribution < 1.29 is 51.4 Å². The molecule has 0 amide bonds. The Morgan fingerprint density at radius 2 is 2.21 bits per heavy atom. The molecule has 0 saturated carbocycles. The van der Waals surface area contributed by atoms with Gasteiger partial charge < -0.3 is 10.7 Å². The second-order valence-electron chi connectivity index (χ2n) is 2.67. The quantitative estimate of drug-likeness (QED) is 0.327. The van der Waals surface area contributed by atoms with Crippen molar-refractivity contribution in [1.82, 2.24) is 4.98 Å². The van der Waals surface area contributed by atoms with Gasteiger partial charge >= 0.3 is 51.4 Å². The molecular weight excluding hydrogens is 199 g/mol. The fourth-order valence-electron chi connectivity index (χ4n) is 1.22. The van der Waals surface area contributed by atoms with Crippen LogP contribution in [0.15, 0.2) is 24.3 Å². The number of nitrogens with two attached hydrogens (primary N) is 1. The first-order valence-electron chi connectivity index (χ1n) is 3.85. The molecule has 0 saturated heterocycles. The van der Waals surface area contributed by atoms with E-state index in [0.29, 0.717) is 5.82 Å². The van der Waals surface area contributed by atoms with E-state index in [9.17, 15) is 0 Å². The summed E-state index contributed by atoms with van der Waals surface area (Å²) in [6.45, 7) is 0. The molecule has 1 aromatic heterocycles. The van der Waals surface area contributed by atoms with E-state index >= 15 is 0 Å². The summed E-state index contributed by atoms with van der Waals surface area (Å²) in [5, 5.41) is 0.846. The molecule has 0 atom stereocenters. The van der Waals surface area contributed by atoms with Crippen LogP contribution in [0.2, 0.25) is 0 Å². The standard InChI is InChI=1S/C11H7N2.K/c1-2-8-4-3-5-10-9(8)6-7-11(12)13-10;/h1,3-5,7H,(H2,12,13);/q-1;+1. The first kappa shape index (κ1) is 11.7. The molecule has 2 aromatic rings. The molecule has 0 fully saturated rings. The smallest absolute Gasteiger partial charge is 0.422 e. The maximum Gasteiger partial charge on any atom is 1.00 e. The Balaban J connectivity index is 0.000000980. The minimum atomic E-state index is 0. The average Bonchev–Trinajstić information content (AvgIpc) is 2.16. The molecule has 0 radical (unpaired) electrons. The molecule has 0 spiro atoms. The Bertz CT molecular complexity index is 500. The zero-order valence-corrected chi connectivity index (χ0v) is 11.0. The van der Waals surface area contributed by atoms with Gasteiger partial charge in [-0.1, -0.05) is 18.2 Å². The molecule has 0 aliphatic carbocycles. The van der Waals surface area contributed by atoms with Crippen LogP contribution in [0.3, 0.4) is 0 Å². The van der Waals surface area contributed by atoms with Crippen LogP contribution in [0.5, 0.6) is 0 Å². The third-order valence-electron chi connectivity index (χ3n) is 1.81. The third-order valence-corrected chi connectivity index (χ3v) is 1.81. The molecule has 1 aromatic carbocycles. The largest absolute Gasteiger partial charge is 1.00 e. The van der Waals surface area contributed by atoms with Gasteiger partial charge in [0, 0.05) is 5.82 Å². The van der Waals surface area contributed by atoms with Crippen LogP contribution in [0, 0.1) is 18.4 Å². The maximum atomic E-state index is 5.52. The summed E-state index contributed by atoms with van der Waals surface area (Å²) in [5.41, 5.74) is 7.11. The van der Waals surface area contributed by atoms with Gasteiger partial charge in [0.05, 0.1) is 0 Å². The Morgan fingerprint density at radius 1 is 1.43 bits per heavy atom. The summed E-state index contributed by atoms with van der Waals surface area (Å²) in [4.78, 5) is 4.14. The number of nitrogen functional groups attached to an aromatic ring is 1. The van der Waals surface area contributed by atoms with Crippen LogP contribution in [0.25, 0.3) is 10.9 Å². The van der Waals surface area contributed by atoms with Gasteiger partial charge in [0.15, 0.2) is 0 Å². The number of anilines is 1. The fraction of sp³-hybridized carbons (Fsp3) is 0. The average molecular weight is 206 g/mol. The number of nitrogens with zero attached hydrogens (tertiary/aromatic N) is 1. The van der Waals surface area contributed by atoms with E-state index in [1.165, 1.54) is 0 Å². The normalized spacial score (nSPS) is 9.07. The van der Waals surface area contributed by atoms with E-state index < -0.39 is 0 Å². The summed E-state index contributed by atoms with van der Waals surface area (Å²) < 4.78 is 0. The van der Waals surface area contributed by atoms with E-state index in [1.807, 2.05) is 18.2 Å². The molecule has 3 heteroatoms. The number of rotatable bonds is 0. The van der Waals surface area contributed by atoms with E-state index in [0.717, 1.165) is 16.5 Å². The van der Waals surface area contributed by atoms with Crippen molar-refractivity contribution in [3.05, 3.63) is 35.9 Å². The first-order valence-corrected chi connectivity index (χ1v) is 3.85. The summed E-state index contributed by atoms with van der Waals surface area (Å²) in [6.07, 6.45) is 5.32. The van der Waals surface area contributed by atoms with Crippen molar-refractivity contribution in [1.29, 1.82) is 0 Å². The van der Waals surface area contributed by atoms with E-state index in [4.69, 9.17) is 12.2 Å². The number of hydrogen-bond donors (Lipinski definition) is 1. The van der Waals surface area contributed by atoms with Gasteiger partial charge in [0.1, 0.15) is 0 Å². The number of aromatic nitrogens is 1.